The number of amides is 1. The van der Waals surface area contributed by atoms with Gasteiger partial charge in [0, 0.05) is 31.8 Å². The maximum Gasteiger partial charge on any atom is 0.234 e. The Morgan fingerprint density at radius 2 is 2.00 bits per heavy atom. The number of ether oxygens (including phenoxy) is 1. The van der Waals surface area contributed by atoms with Crippen LogP contribution in [0, 0.1) is 0 Å². The number of carbonyl (C=O) groups excluding carboxylic acids is 1. The number of rotatable bonds is 8. The molecule has 5 heteroatoms. The number of aliphatic hydroxyl groups excluding tert-OH is 1. The quantitative estimate of drug-likeness (QED) is 0.685. The number of nitrogens with one attached hydrogen (secondary N) is 1. The van der Waals surface area contributed by atoms with Crippen LogP contribution in [0.1, 0.15) is 39.5 Å². The zero-order chi connectivity index (χ0) is 14.1. The van der Waals surface area contributed by atoms with Crippen molar-refractivity contribution < 1.29 is 14.6 Å². The molecule has 0 spiro atoms. The predicted octanol–water partition coefficient (Wildman–Crippen LogP) is 0.764. The Kier molecular flexibility index (Phi) is 8.02. The number of nitrogens with zero attached hydrogens (tertiary/aromatic N) is 1. The molecule has 1 heterocycles. The van der Waals surface area contributed by atoms with Gasteiger partial charge in [-0.1, -0.05) is 13.8 Å². The van der Waals surface area contributed by atoms with Gasteiger partial charge in [-0.25, -0.2) is 0 Å². The summed E-state index contributed by atoms with van der Waals surface area (Å²) in [5, 5.41) is 12.2. The average Bonchev–Trinajstić information content (AvgIpc) is 2.41. The highest BCUT2D eigenvalue weighted by atomic mass is 16.5. The van der Waals surface area contributed by atoms with Crippen molar-refractivity contribution in [3.05, 3.63) is 0 Å². The molecule has 0 saturated carbocycles. The van der Waals surface area contributed by atoms with E-state index in [9.17, 15) is 4.79 Å². The molecule has 112 valence electrons. The molecule has 2 N–H and O–H groups in total. The molecule has 19 heavy (non-hydrogen) atoms. The van der Waals surface area contributed by atoms with Crippen LogP contribution in [0.15, 0.2) is 0 Å². The first-order valence-corrected chi connectivity index (χ1v) is 7.43. The lowest BCUT2D eigenvalue weighted by atomic mass is 10.1. The molecule has 0 atom stereocenters. The SMILES string of the molecule is CCC(CC)N(CCO)CC(=O)NC1CCOCC1. The molecule has 0 aromatic carbocycles. The van der Waals surface area contributed by atoms with Gasteiger partial charge in [-0.3, -0.25) is 9.69 Å². The van der Waals surface area contributed by atoms with Crippen LogP contribution in [0.25, 0.3) is 0 Å². The van der Waals surface area contributed by atoms with Gasteiger partial charge in [0.1, 0.15) is 0 Å². The van der Waals surface area contributed by atoms with E-state index in [1.807, 2.05) is 0 Å². The Labute approximate surface area is 116 Å². The van der Waals surface area contributed by atoms with E-state index in [1.165, 1.54) is 0 Å². The molecular weight excluding hydrogens is 244 g/mol. The van der Waals surface area contributed by atoms with Crippen LogP contribution in [-0.4, -0.2) is 60.9 Å². The van der Waals surface area contributed by atoms with Gasteiger partial charge in [-0.05, 0) is 25.7 Å². The Bertz CT molecular complexity index is 251. The van der Waals surface area contributed by atoms with E-state index < -0.39 is 0 Å². The summed E-state index contributed by atoms with van der Waals surface area (Å²) in [5.41, 5.74) is 0. The van der Waals surface area contributed by atoms with Crippen LogP contribution in [0.2, 0.25) is 0 Å². The van der Waals surface area contributed by atoms with Gasteiger partial charge < -0.3 is 15.2 Å². The minimum Gasteiger partial charge on any atom is -0.395 e. The normalized spacial score (nSPS) is 17.1. The van der Waals surface area contributed by atoms with Crippen molar-refractivity contribution in [2.45, 2.75) is 51.6 Å². The third-order valence-electron chi connectivity index (χ3n) is 3.78. The lowest BCUT2D eigenvalue weighted by Gasteiger charge is -2.30. The fraction of sp³-hybridized carbons (Fsp3) is 0.929. The van der Waals surface area contributed by atoms with Crippen molar-refractivity contribution in [2.75, 3.05) is 32.9 Å². The molecule has 0 unspecified atom stereocenters. The molecule has 0 aromatic heterocycles. The average molecular weight is 272 g/mol. The lowest BCUT2D eigenvalue weighted by molar-refractivity contribution is -0.124. The second kappa shape index (κ2) is 9.28. The minimum absolute atomic E-state index is 0.0623. The van der Waals surface area contributed by atoms with Crippen LogP contribution in [0.5, 0.6) is 0 Å². The molecule has 1 fully saturated rings. The second-order valence-corrected chi connectivity index (χ2v) is 5.12. The number of hydrogen-bond acceptors (Lipinski definition) is 4. The molecule has 0 bridgehead atoms. The minimum atomic E-state index is 0.0623. The summed E-state index contributed by atoms with van der Waals surface area (Å²) in [5.74, 6) is 0.0623. The second-order valence-electron chi connectivity index (χ2n) is 5.12. The van der Waals surface area contributed by atoms with E-state index in [1.54, 1.807) is 0 Å². The Morgan fingerprint density at radius 1 is 1.37 bits per heavy atom. The first-order chi connectivity index (χ1) is 9.21. The van der Waals surface area contributed by atoms with Gasteiger partial charge in [0.25, 0.3) is 0 Å². The predicted molar refractivity (Wildman–Crippen MR) is 75.0 cm³/mol. The summed E-state index contributed by atoms with van der Waals surface area (Å²) in [6, 6.07) is 0.617. The van der Waals surface area contributed by atoms with E-state index in [2.05, 4.69) is 24.1 Å². The highest BCUT2D eigenvalue weighted by molar-refractivity contribution is 5.78. The maximum absolute atomic E-state index is 12.1. The Hall–Kier alpha value is -0.650. The number of hydrogen-bond donors (Lipinski definition) is 2. The molecule has 1 rings (SSSR count). The van der Waals surface area contributed by atoms with Crippen LogP contribution in [-0.2, 0) is 9.53 Å². The zero-order valence-corrected chi connectivity index (χ0v) is 12.2. The van der Waals surface area contributed by atoms with Gasteiger partial charge >= 0.3 is 0 Å². The van der Waals surface area contributed by atoms with Gasteiger partial charge in [-0.15, -0.1) is 0 Å². The number of aliphatic hydroxyl groups is 1. The number of carbonyl (C=O) groups is 1. The van der Waals surface area contributed by atoms with Crippen LogP contribution >= 0.6 is 0 Å². The highest BCUT2D eigenvalue weighted by Gasteiger charge is 2.20. The van der Waals surface area contributed by atoms with Crippen LogP contribution in [0.4, 0.5) is 0 Å². The fourth-order valence-corrected chi connectivity index (χ4v) is 2.62. The lowest BCUT2D eigenvalue weighted by Crippen LogP contribution is -2.47. The summed E-state index contributed by atoms with van der Waals surface area (Å²) in [6.45, 7) is 6.75. The maximum atomic E-state index is 12.1. The third kappa shape index (κ3) is 5.89. The topological polar surface area (TPSA) is 61.8 Å². The zero-order valence-electron chi connectivity index (χ0n) is 12.2. The molecule has 1 aliphatic heterocycles. The Balaban J connectivity index is 2.40. The molecule has 0 radical (unpaired) electrons. The third-order valence-corrected chi connectivity index (χ3v) is 3.78. The first-order valence-electron chi connectivity index (χ1n) is 7.43. The van der Waals surface area contributed by atoms with Crippen molar-refractivity contribution in [1.82, 2.24) is 10.2 Å². The standard InChI is InChI=1S/C14H28N2O3/c1-3-13(4-2)16(7-8-17)11-14(18)15-12-5-9-19-10-6-12/h12-13,17H,3-11H2,1-2H3,(H,15,18). The highest BCUT2D eigenvalue weighted by Crippen LogP contribution is 2.09. The largest absolute Gasteiger partial charge is 0.395 e. The molecular formula is C14H28N2O3. The molecule has 1 aliphatic rings. The van der Waals surface area contributed by atoms with E-state index in [-0.39, 0.29) is 18.6 Å². The summed E-state index contributed by atoms with van der Waals surface area (Å²) in [6.07, 6.45) is 3.80. The van der Waals surface area contributed by atoms with Crippen molar-refractivity contribution in [3.8, 4) is 0 Å². The van der Waals surface area contributed by atoms with E-state index in [0.717, 1.165) is 38.9 Å². The van der Waals surface area contributed by atoms with Gasteiger partial charge in [-0.2, -0.15) is 0 Å². The van der Waals surface area contributed by atoms with Crippen molar-refractivity contribution >= 4 is 5.91 Å². The van der Waals surface area contributed by atoms with E-state index in [0.29, 0.717) is 19.1 Å². The summed E-state index contributed by atoms with van der Waals surface area (Å²) in [4.78, 5) is 14.1. The van der Waals surface area contributed by atoms with E-state index >= 15 is 0 Å². The fourth-order valence-electron chi connectivity index (χ4n) is 2.62. The first kappa shape index (κ1) is 16.4. The van der Waals surface area contributed by atoms with E-state index in [4.69, 9.17) is 9.84 Å². The molecule has 0 aromatic rings. The molecule has 1 saturated heterocycles. The van der Waals surface area contributed by atoms with Crippen molar-refractivity contribution in [1.29, 1.82) is 0 Å². The van der Waals surface area contributed by atoms with Gasteiger partial charge in [0.15, 0.2) is 0 Å². The summed E-state index contributed by atoms with van der Waals surface area (Å²) < 4.78 is 5.28. The molecule has 0 aliphatic carbocycles. The summed E-state index contributed by atoms with van der Waals surface area (Å²) in [7, 11) is 0. The smallest absolute Gasteiger partial charge is 0.234 e. The summed E-state index contributed by atoms with van der Waals surface area (Å²) >= 11 is 0. The van der Waals surface area contributed by atoms with Crippen LogP contribution < -0.4 is 5.32 Å². The van der Waals surface area contributed by atoms with Gasteiger partial charge in [0.05, 0.1) is 13.2 Å². The van der Waals surface area contributed by atoms with Crippen LogP contribution in [0.3, 0.4) is 0 Å². The van der Waals surface area contributed by atoms with Gasteiger partial charge in [0.2, 0.25) is 5.91 Å². The Morgan fingerprint density at radius 3 is 2.53 bits per heavy atom. The van der Waals surface area contributed by atoms with Crippen molar-refractivity contribution in [3.63, 3.8) is 0 Å². The van der Waals surface area contributed by atoms with Crippen molar-refractivity contribution in [2.24, 2.45) is 0 Å². The molecule has 5 nitrogen and oxygen atoms in total. The molecule has 1 amide bonds. The monoisotopic (exact) mass is 272 g/mol.